The fourth-order valence-electron chi connectivity index (χ4n) is 4.50. The van der Waals surface area contributed by atoms with Gasteiger partial charge in [-0.1, -0.05) is 81.1 Å². The molecule has 0 heterocycles. The molecule has 0 N–H and O–H groups in total. The molecular formula is C26H54O4. The fourth-order valence-corrected chi connectivity index (χ4v) is 4.50. The van der Waals surface area contributed by atoms with Crippen LogP contribution in [0.2, 0.25) is 0 Å². The SMILES string of the molecule is CCCCCCC(CCC)(OOC(C)(C)CC(C)(C)C)OOC(C)(C)CC(C)(C)C. The van der Waals surface area contributed by atoms with Crippen LogP contribution in [0.5, 0.6) is 0 Å². The molecule has 0 bridgehead atoms. The quantitative estimate of drug-likeness (QED) is 0.113. The third-order valence-corrected chi connectivity index (χ3v) is 4.79. The first-order valence-corrected chi connectivity index (χ1v) is 12.2. The zero-order valence-electron chi connectivity index (χ0n) is 22.5. The highest BCUT2D eigenvalue weighted by molar-refractivity contribution is 4.78. The molecular weight excluding hydrogens is 376 g/mol. The van der Waals surface area contributed by atoms with Crippen LogP contribution in [0.15, 0.2) is 0 Å². The van der Waals surface area contributed by atoms with E-state index < -0.39 is 17.0 Å². The summed E-state index contributed by atoms with van der Waals surface area (Å²) < 4.78 is 0. The van der Waals surface area contributed by atoms with Crippen molar-refractivity contribution >= 4 is 0 Å². The van der Waals surface area contributed by atoms with Gasteiger partial charge in [-0.3, -0.25) is 0 Å². The Kier molecular flexibility index (Phi) is 12.1. The molecule has 0 rings (SSSR count). The highest BCUT2D eigenvalue weighted by atomic mass is 17.3. The minimum absolute atomic E-state index is 0.146. The minimum Gasteiger partial charge on any atom is -0.228 e. The van der Waals surface area contributed by atoms with E-state index in [-0.39, 0.29) is 10.8 Å². The maximum absolute atomic E-state index is 6.14. The lowest BCUT2D eigenvalue weighted by molar-refractivity contribution is -0.547. The van der Waals surface area contributed by atoms with Crippen LogP contribution in [0.4, 0.5) is 0 Å². The van der Waals surface area contributed by atoms with Gasteiger partial charge in [-0.15, -0.1) is 0 Å². The molecule has 182 valence electrons. The largest absolute Gasteiger partial charge is 0.234 e. The van der Waals surface area contributed by atoms with Crippen molar-refractivity contribution in [3.05, 3.63) is 0 Å². The maximum Gasteiger partial charge on any atom is 0.234 e. The molecule has 0 saturated carbocycles. The topological polar surface area (TPSA) is 36.9 Å². The summed E-state index contributed by atoms with van der Waals surface area (Å²) in [6.07, 6.45) is 8.80. The molecule has 0 aliphatic carbocycles. The van der Waals surface area contributed by atoms with Crippen LogP contribution in [0, 0.1) is 10.8 Å². The van der Waals surface area contributed by atoms with Crippen LogP contribution >= 0.6 is 0 Å². The Morgan fingerprint density at radius 3 is 1.23 bits per heavy atom. The van der Waals surface area contributed by atoms with E-state index >= 15 is 0 Å². The molecule has 0 fully saturated rings. The first-order chi connectivity index (χ1) is 13.4. The molecule has 4 heteroatoms. The molecule has 0 aromatic carbocycles. The first-order valence-electron chi connectivity index (χ1n) is 12.2. The van der Waals surface area contributed by atoms with E-state index in [0.29, 0.717) is 0 Å². The summed E-state index contributed by atoms with van der Waals surface area (Å²) >= 11 is 0. The third kappa shape index (κ3) is 14.8. The molecule has 0 aromatic rings. The van der Waals surface area contributed by atoms with Crippen molar-refractivity contribution in [3.8, 4) is 0 Å². The smallest absolute Gasteiger partial charge is 0.228 e. The maximum atomic E-state index is 6.14. The Morgan fingerprint density at radius 2 is 0.900 bits per heavy atom. The summed E-state index contributed by atoms with van der Waals surface area (Å²) in [5.74, 6) is -0.882. The lowest BCUT2D eigenvalue weighted by Gasteiger charge is -2.39. The van der Waals surface area contributed by atoms with Gasteiger partial charge >= 0.3 is 0 Å². The molecule has 0 radical (unpaired) electrons. The van der Waals surface area contributed by atoms with Crippen LogP contribution in [0.25, 0.3) is 0 Å². The van der Waals surface area contributed by atoms with E-state index in [0.717, 1.165) is 44.9 Å². The van der Waals surface area contributed by atoms with Crippen LogP contribution in [-0.4, -0.2) is 17.0 Å². The molecule has 30 heavy (non-hydrogen) atoms. The average Bonchev–Trinajstić information content (AvgIpc) is 2.51. The zero-order valence-corrected chi connectivity index (χ0v) is 22.5. The predicted molar refractivity (Wildman–Crippen MR) is 127 cm³/mol. The molecule has 0 aromatic heterocycles. The summed E-state index contributed by atoms with van der Waals surface area (Å²) in [6.45, 7) is 26.0. The molecule has 0 aliphatic rings. The van der Waals surface area contributed by atoms with Gasteiger partial charge in [-0.2, -0.15) is 9.78 Å². The van der Waals surface area contributed by atoms with E-state index in [4.69, 9.17) is 19.6 Å². The summed E-state index contributed by atoms with van der Waals surface area (Å²) in [5.41, 5.74) is -0.531. The Balaban J connectivity index is 5.38. The minimum atomic E-state index is -0.882. The Labute approximate surface area is 188 Å². The molecule has 4 nitrogen and oxygen atoms in total. The van der Waals surface area contributed by atoms with Crippen LogP contribution < -0.4 is 0 Å². The summed E-state index contributed by atoms with van der Waals surface area (Å²) in [7, 11) is 0. The Hall–Kier alpha value is -0.160. The van der Waals surface area contributed by atoms with Crippen molar-refractivity contribution in [2.45, 2.75) is 158 Å². The van der Waals surface area contributed by atoms with Gasteiger partial charge in [0, 0.05) is 12.8 Å². The number of hydrogen-bond acceptors (Lipinski definition) is 4. The third-order valence-electron chi connectivity index (χ3n) is 4.79. The lowest BCUT2D eigenvalue weighted by Crippen LogP contribution is -2.43. The normalized spacial score (nSPS) is 14.4. The van der Waals surface area contributed by atoms with Gasteiger partial charge in [-0.25, -0.2) is 9.78 Å². The summed E-state index contributed by atoms with van der Waals surface area (Å²) in [4.78, 5) is 24.4. The standard InChI is InChI=1S/C26H54O4/c1-13-15-16-17-19-26(18-14-2,29-27-24(9,10)20-22(3,4)5)30-28-25(11,12)21-23(6,7)8/h13-21H2,1-12H3. The Bertz CT molecular complexity index is 423. The van der Waals surface area contributed by atoms with E-state index in [1.165, 1.54) is 12.8 Å². The second-order valence-corrected chi connectivity index (χ2v) is 12.8. The molecule has 0 amide bonds. The van der Waals surface area contributed by atoms with Crippen molar-refractivity contribution in [3.63, 3.8) is 0 Å². The number of rotatable bonds is 15. The van der Waals surface area contributed by atoms with Crippen molar-refractivity contribution in [2.75, 3.05) is 0 Å². The van der Waals surface area contributed by atoms with Crippen molar-refractivity contribution < 1.29 is 19.6 Å². The number of unbranched alkanes of at least 4 members (excludes halogenated alkanes) is 3. The molecule has 0 aliphatic heterocycles. The average molecular weight is 431 g/mol. The van der Waals surface area contributed by atoms with Crippen LogP contribution in [0.3, 0.4) is 0 Å². The van der Waals surface area contributed by atoms with E-state index in [1.54, 1.807) is 0 Å². The van der Waals surface area contributed by atoms with Crippen molar-refractivity contribution in [1.82, 2.24) is 0 Å². The molecule has 0 spiro atoms. The second-order valence-electron chi connectivity index (χ2n) is 12.8. The van der Waals surface area contributed by atoms with Crippen LogP contribution in [0.1, 0.15) is 141 Å². The van der Waals surface area contributed by atoms with Crippen LogP contribution in [-0.2, 0) is 19.6 Å². The van der Waals surface area contributed by atoms with E-state index in [2.05, 4.69) is 83.1 Å². The Morgan fingerprint density at radius 1 is 0.467 bits per heavy atom. The fraction of sp³-hybridized carbons (Fsp3) is 1.00. The monoisotopic (exact) mass is 430 g/mol. The second kappa shape index (κ2) is 12.2. The van der Waals surface area contributed by atoms with Gasteiger partial charge in [-0.05, 0) is 57.8 Å². The lowest BCUT2D eigenvalue weighted by atomic mass is 9.84. The van der Waals surface area contributed by atoms with Gasteiger partial charge in [0.15, 0.2) is 0 Å². The summed E-state index contributed by atoms with van der Waals surface area (Å²) in [5, 5.41) is 0. The molecule has 0 unspecified atom stereocenters. The van der Waals surface area contributed by atoms with Gasteiger partial charge in [0.25, 0.3) is 0 Å². The van der Waals surface area contributed by atoms with Gasteiger partial charge < -0.3 is 0 Å². The van der Waals surface area contributed by atoms with Gasteiger partial charge in [0.2, 0.25) is 5.79 Å². The van der Waals surface area contributed by atoms with Gasteiger partial charge in [0.05, 0.1) is 11.2 Å². The molecule has 0 saturated heterocycles. The first kappa shape index (κ1) is 29.8. The van der Waals surface area contributed by atoms with E-state index in [1.807, 2.05) is 0 Å². The highest BCUT2D eigenvalue weighted by Crippen LogP contribution is 2.36. The predicted octanol–water partition coefficient (Wildman–Crippen LogP) is 8.78. The highest BCUT2D eigenvalue weighted by Gasteiger charge is 2.40. The van der Waals surface area contributed by atoms with Gasteiger partial charge in [0.1, 0.15) is 0 Å². The summed E-state index contributed by atoms with van der Waals surface area (Å²) in [6, 6.07) is 0. The van der Waals surface area contributed by atoms with E-state index in [9.17, 15) is 0 Å². The van der Waals surface area contributed by atoms with Crippen molar-refractivity contribution in [1.29, 1.82) is 0 Å². The molecule has 0 atom stereocenters. The number of hydrogen-bond donors (Lipinski definition) is 0. The zero-order chi connectivity index (χ0) is 23.7. The van der Waals surface area contributed by atoms with Crippen molar-refractivity contribution in [2.24, 2.45) is 10.8 Å².